The molecule has 2 amide bonds. The highest BCUT2D eigenvalue weighted by Gasteiger charge is 2.51. The van der Waals surface area contributed by atoms with Crippen molar-refractivity contribution in [3.63, 3.8) is 0 Å². The molecule has 9 heteroatoms. The summed E-state index contributed by atoms with van der Waals surface area (Å²) < 4.78 is 30.0. The molecule has 1 saturated carbocycles. The van der Waals surface area contributed by atoms with Crippen molar-refractivity contribution in [3.8, 4) is 0 Å². The van der Waals surface area contributed by atoms with Crippen LogP contribution in [0.5, 0.6) is 0 Å². The van der Waals surface area contributed by atoms with E-state index in [2.05, 4.69) is 15.6 Å². The van der Waals surface area contributed by atoms with Gasteiger partial charge < -0.3 is 4.90 Å². The highest BCUT2D eigenvalue weighted by Crippen LogP contribution is 2.53. The normalized spacial score (nSPS) is 16.0. The minimum atomic E-state index is -0.877. The lowest BCUT2D eigenvalue weighted by molar-refractivity contribution is -0.134. The SMILES string of the molecule is Cc1c(NC(=O)C(=O)N2CC3(CCC3)c3c(F)cccc32)nnn1Cc1ccccc1F. The van der Waals surface area contributed by atoms with Gasteiger partial charge in [-0.1, -0.05) is 35.9 Å². The number of amides is 2. The summed E-state index contributed by atoms with van der Waals surface area (Å²) in [5, 5.41) is 10.4. The van der Waals surface area contributed by atoms with Crippen LogP contribution in [0.2, 0.25) is 0 Å². The first-order chi connectivity index (χ1) is 15.4. The average molecular weight is 437 g/mol. The molecule has 5 rings (SSSR count). The quantitative estimate of drug-likeness (QED) is 0.638. The average Bonchev–Trinajstić information content (AvgIpc) is 3.29. The molecule has 1 aliphatic heterocycles. The summed E-state index contributed by atoms with van der Waals surface area (Å²) in [6, 6.07) is 10.9. The number of carbonyl (C=O) groups is 2. The van der Waals surface area contributed by atoms with E-state index in [4.69, 9.17) is 0 Å². The number of hydrogen-bond acceptors (Lipinski definition) is 4. The Kier molecular flexibility index (Phi) is 4.76. The zero-order valence-electron chi connectivity index (χ0n) is 17.4. The minimum Gasteiger partial charge on any atom is -0.303 e. The Labute approximate surface area is 183 Å². The van der Waals surface area contributed by atoms with Gasteiger partial charge in [-0.05, 0) is 38.0 Å². The number of rotatable bonds is 3. The summed E-state index contributed by atoms with van der Waals surface area (Å²) in [7, 11) is 0. The van der Waals surface area contributed by atoms with E-state index in [9.17, 15) is 18.4 Å². The predicted molar refractivity (Wildman–Crippen MR) is 113 cm³/mol. The lowest BCUT2D eigenvalue weighted by Gasteiger charge is -2.38. The van der Waals surface area contributed by atoms with E-state index < -0.39 is 17.2 Å². The van der Waals surface area contributed by atoms with E-state index in [1.54, 1.807) is 37.3 Å². The van der Waals surface area contributed by atoms with Crippen molar-refractivity contribution < 1.29 is 18.4 Å². The van der Waals surface area contributed by atoms with E-state index in [1.807, 2.05) is 0 Å². The van der Waals surface area contributed by atoms with Gasteiger partial charge in [-0.15, -0.1) is 5.10 Å². The van der Waals surface area contributed by atoms with E-state index in [0.29, 0.717) is 22.5 Å². The van der Waals surface area contributed by atoms with Crippen LogP contribution in [0.1, 0.15) is 36.1 Å². The zero-order chi connectivity index (χ0) is 22.5. The van der Waals surface area contributed by atoms with Crippen LogP contribution in [0.3, 0.4) is 0 Å². The van der Waals surface area contributed by atoms with Crippen LogP contribution in [0.4, 0.5) is 20.3 Å². The monoisotopic (exact) mass is 437 g/mol. The molecule has 0 unspecified atom stereocenters. The maximum atomic E-state index is 14.6. The van der Waals surface area contributed by atoms with Gasteiger partial charge in [0.15, 0.2) is 5.82 Å². The summed E-state index contributed by atoms with van der Waals surface area (Å²) in [4.78, 5) is 27.1. The van der Waals surface area contributed by atoms with Crippen LogP contribution < -0.4 is 10.2 Å². The van der Waals surface area contributed by atoms with Crippen LogP contribution >= 0.6 is 0 Å². The van der Waals surface area contributed by atoms with Crippen molar-refractivity contribution in [2.75, 3.05) is 16.8 Å². The predicted octanol–water partition coefficient (Wildman–Crippen LogP) is 3.32. The lowest BCUT2D eigenvalue weighted by atomic mass is 9.65. The fourth-order valence-electron chi connectivity index (χ4n) is 4.62. The molecule has 164 valence electrons. The molecule has 7 nitrogen and oxygen atoms in total. The van der Waals surface area contributed by atoms with Crippen molar-refractivity contribution in [3.05, 3.63) is 70.9 Å². The zero-order valence-corrected chi connectivity index (χ0v) is 17.4. The number of carbonyl (C=O) groups excluding carboxylic acids is 2. The first-order valence-electron chi connectivity index (χ1n) is 10.4. The van der Waals surface area contributed by atoms with Gasteiger partial charge in [0, 0.05) is 23.1 Å². The fourth-order valence-corrected chi connectivity index (χ4v) is 4.62. The third-order valence-electron chi connectivity index (χ3n) is 6.52. The summed E-state index contributed by atoms with van der Waals surface area (Å²) >= 11 is 0. The van der Waals surface area contributed by atoms with Gasteiger partial charge >= 0.3 is 11.8 Å². The molecule has 1 aliphatic carbocycles. The highest BCUT2D eigenvalue weighted by atomic mass is 19.1. The van der Waals surface area contributed by atoms with Crippen LogP contribution in [-0.4, -0.2) is 33.4 Å². The Morgan fingerprint density at radius 2 is 1.84 bits per heavy atom. The van der Waals surface area contributed by atoms with Gasteiger partial charge in [0.05, 0.1) is 17.9 Å². The van der Waals surface area contributed by atoms with E-state index in [0.717, 1.165) is 19.3 Å². The van der Waals surface area contributed by atoms with Crippen molar-refractivity contribution >= 4 is 23.3 Å². The molecule has 1 N–H and O–H groups in total. The van der Waals surface area contributed by atoms with Crippen molar-refractivity contribution in [2.24, 2.45) is 0 Å². The van der Waals surface area contributed by atoms with Gasteiger partial charge in [0.1, 0.15) is 11.6 Å². The summed E-state index contributed by atoms with van der Waals surface area (Å²) in [5.41, 5.74) is 1.48. The molecule has 0 saturated heterocycles. The lowest BCUT2D eigenvalue weighted by Crippen LogP contribution is -2.45. The first-order valence-corrected chi connectivity index (χ1v) is 10.4. The Balaban J connectivity index is 1.34. The summed E-state index contributed by atoms with van der Waals surface area (Å²) in [6.07, 6.45) is 2.54. The maximum absolute atomic E-state index is 14.6. The molecule has 0 bridgehead atoms. The largest absolute Gasteiger partial charge is 0.316 e. The number of hydrogen-bond donors (Lipinski definition) is 1. The van der Waals surface area contributed by atoms with E-state index >= 15 is 0 Å². The molecule has 32 heavy (non-hydrogen) atoms. The second kappa shape index (κ2) is 7.51. The molecule has 0 radical (unpaired) electrons. The number of nitrogens with one attached hydrogen (secondary N) is 1. The molecule has 2 aromatic carbocycles. The van der Waals surface area contributed by atoms with E-state index in [1.165, 1.54) is 21.7 Å². The Hall–Kier alpha value is -3.62. The second-order valence-corrected chi connectivity index (χ2v) is 8.39. The smallest absolute Gasteiger partial charge is 0.303 e. The van der Waals surface area contributed by atoms with Crippen molar-refractivity contribution in [1.82, 2.24) is 15.0 Å². The van der Waals surface area contributed by atoms with Gasteiger partial charge in [-0.2, -0.15) is 0 Å². The van der Waals surface area contributed by atoms with Gasteiger partial charge in [0.2, 0.25) is 0 Å². The molecule has 0 atom stereocenters. The molecule has 2 heterocycles. The Morgan fingerprint density at radius 3 is 2.56 bits per heavy atom. The second-order valence-electron chi connectivity index (χ2n) is 8.39. The van der Waals surface area contributed by atoms with Crippen LogP contribution in [-0.2, 0) is 21.5 Å². The van der Waals surface area contributed by atoms with Crippen molar-refractivity contribution in [1.29, 1.82) is 0 Å². The standard InChI is InChI=1S/C23H21F2N5O2/c1-14-20(27-28-30(14)12-15-6-2-3-7-16(15)24)26-21(31)22(32)29-13-23(10-5-11-23)19-17(25)8-4-9-18(19)29/h2-4,6-9H,5,10-13H2,1H3,(H,26,31). The highest BCUT2D eigenvalue weighted by molar-refractivity contribution is 6.44. The van der Waals surface area contributed by atoms with Gasteiger partial charge in [-0.25, -0.2) is 13.5 Å². The summed E-state index contributed by atoms with van der Waals surface area (Å²) in [6.45, 7) is 2.09. The maximum Gasteiger partial charge on any atom is 0.316 e. The molecule has 2 aliphatic rings. The molecule has 1 aromatic heterocycles. The van der Waals surface area contributed by atoms with Crippen LogP contribution in [0, 0.1) is 18.6 Å². The minimum absolute atomic E-state index is 0.122. The Morgan fingerprint density at radius 1 is 1.09 bits per heavy atom. The molecule has 1 fully saturated rings. The number of nitrogens with zero attached hydrogens (tertiary/aromatic N) is 4. The molecule has 3 aromatic rings. The number of fused-ring (bicyclic) bond motifs is 2. The summed E-state index contributed by atoms with van der Waals surface area (Å²) in [5.74, 6) is -2.24. The van der Waals surface area contributed by atoms with E-state index in [-0.39, 0.29) is 30.5 Å². The molecular formula is C23H21F2N5O2. The Bertz CT molecular complexity index is 1230. The number of anilines is 2. The third kappa shape index (κ3) is 3.16. The van der Waals surface area contributed by atoms with Crippen LogP contribution in [0.15, 0.2) is 42.5 Å². The van der Waals surface area contributed by atoms with Crippen LogP contribution in [0.25, 0.3) is 0 Å². The number of aromatic nitrogens is 3. The van der Waals surface area contributed by atoms with Gasteiger partial charge in [0.25, 0.3) is 0 Å². The molecular weight excluding hydrogens is 416 g/mol. The molecule has 1 spiro atoms. The number of benzene rings is 2. The first kappa shape index (κ1) is 20.3. The fraction of sp³-hybridized carbons (Fsp3) is 0.304. The van der Waals surface area contributed by atoms with Gasteiger partial charge in [-0.3, -0.25) is 14.9 Å². The third-order valence-corrected chi connectivity index (χ3v) is 6.52. The number of halogens is 2. The topological polar surface area (TPSA) is 80.1 Å². The van der Waals surface area contributed by atoms with Crippen molar-refractivity contribution in [2.45, 2.75) is 38.1 Å².